The number of carbonyl (C=O) groups excluding carboxylic acids is 3. The minimum atomic E-state index is -0.935. The van der Waals surface area contributed by atoms with Crippen LogP contribution in [0.4, 0.5) is 0 Å². The predicted octanol–water partition coefficient (Wildman–Crippen LogP) is 1.20. The average Bonchev–Trinajstić information content (AvgIpc) is 3.00. The maximum absolute atomic E-state index is 12.9. The molecular weight excluding hydrogens is 330 g/mol. The molecule has 136 valence electrons. The van der Waals surface area contributed by atoms with Crippen LogP contribution in [0, 0.1) is 0 Å². The first kappa shape index (κ1) is 18.6. The summed E-state index contributed by atoms with van der Waals surface area (Å²) in [7, 11) is 0. The number of benzene rings is 1. The highest BCUT2D eigenvalue weighted by Crippen LogP contribution is 2.31. The number of ether oxygens (including phenoxy) is 2. The standard InChI is InChI=1S/C17H21NO7/c1-3-24-16(22)12-7-8-13(17(23)25-4-2)18(12)15(21)11-6-5-10(19)9-14(11)20/h5-6,9,12-13,19-20H,3-4,7-8H2,1-2H3/t12-,13+. The van der Waals surface area contributed by atoms with Gasteiger partial charge in [0.1, 0.15) is 23.6 Å². The van der Waals surface area contributed by atoms with Crippen LogP contribution >= 0.6 is 0 Å². The number of phenolic OH excluding ortho intramolecular Hbond substituents is 2. The lowest BCUT2D eigenvalue weighted by molar-refractivity contribution is -0.151. The first-order valence-corrected chi connectivity index (χ1v) is 8.08. The van der Waals surface area contributed by atoms with E-state index >= 15 is 0 Å². The fourth-order valence-electron chi connectivity index (χ4n) is 2.87. The zero-order valence-electron chi connectivity index (χ0n) is 14.1. The topological polar surface area (TPSA) is 113 Å². The molecule has 0 bridgehead atoms. The van der Waals surface area contributed by atoms with Gasteiger partial charge in [-0.1, -0.05) is 0 Å². The predicted molar refractivity (Wildman–Crippen MR) is 86.0 cm³/mol. The molecule has 1 fully saturated rings. The second-order valence-corrected chi connectivity index (χ2v) is 5.53. The number of amides is 1. The van der Waals surface area contributed by atoms with Gasteiger partial charge in [0, 0.05) is 6.07 Å². The molecule has 25 heavy (non-hydrogen) atoms. The van der Waals surface area contributed by atoms with Crippen molar-refractivity contribution in [2.24, 2.45) is 0 Å². The third-order valence-electron chi connectivity index (χ3n) is 3.95. The molecule has 0 aliphatic carbocycles. The van der Waals surface area contributed by atoms with Crippen molar-refractivity contribution in [3.05, 3.63) is 23.8 Å². The van der Waals surface area contributed by atoms with Crippen LogP contribution in [-0.2, 0) is 19.1 Å². The van der Waals surface area contributed by atoms with Crippen LogP contribution in [0.15, 0.2) is 18.2 Å². The number of esters is 2. The number of carbonyl (C=O) groups is 3. The highest BCUT2D eigenvalue weighted by atomic mass is 16.5. The van der Waals surface area contributed by atoms with Crippen LogP contribution in [-0.4, -0.2) is 58.3 Å². The molecule has 0 unspecified atom stereocenters. The molecule has 0 saturated carbocycles. The monoisotopic (exact) mass is 351 g/mol. The van der Waals surface area contributed by atoms with E-state index in [0.717, 1.165) is 11.0 Å². The highest BCUT2D eigenvalue weighted by molar-refractivity contribution is 6.02. The molecule has 2 atom stereocenters. The first-order valence-electron chi connectivity index (χ1n) is 8.08. The molecule has 1 aliphatic rings. The first-order chi connectivity index (χ1) is 11.9. The summed E-state index contributed by atoms with van der Waals surface area (Å²) in [5.74, 6) is -2.57. The lowest BCUT2D eigenvalue weighted by Gasteiger charge is -2.28. The molecule has 2 rings (SSSR count). The molecule has 0 spiro atoms. The normalized spacial score (nSPS) is 19.5. The number of hydrogen-bond donors (Lipinski definition) is 2. The Morgan fingerprint density at radius 3 is 2.00 bits per heavy atom. The molecule has 1 saturated heterocycles. The summed E-state index contributed by atoms with van der Waals surface area (Å²) in [6.45, 7) is 3.58. The quantitative estimate of drug-likeness (QED) is 0.766. The summed E-state index contributed by atoms with van der Waals surface area (Å²) in [4.78, 5) is 38.4. The summed E-state index contributed by atoms with van der Waals surface area (Å²) < 4.78 is 9.98. The third-order valence-corrected chi connectivity index (χ3v) is 3.95. The van der Waals surface area contributed by atoms with Gasteiger partial charge in [-0.3, -0.25) is 4.79 Å². The van der Waals surface area contributed by atoms with Gasteiger partial charge in [0.25, 0.3) is 5.91 Å². The van der Waals surface area contributed by atoms with Crippen LogP contribution in [0.2, 0.25) is 0 Å². The Kier molecular flexibility index (Phi) is 5.84. The van der Waals surface area contributed by atoms with Crippen molar-refractivity contribution in [2.75, 3.05) is 13.2 Å². The number of hydrogen-bond acceptors (Lipinski definition) is 7. The number of nitrogens with zero attached hydrogens (tertiary/aromatic N) is 1. The van der Waals surface area contributed by atoms with E-state index in [1.54, 1.807) is 13.8 Å². The van der Waals surface area contributed by atoms with E-state index in [1.807, 2.05) is 0 Å². The Hall–Kier alpha value is -2.77. The van der Waals surface area contributed by atoms with Gasteiger partial charge in [0.2, 0.25) is 0 Å². The van der Waals surface area contributed by atoms with Crippen molar-refractivity contribution < 1.29 is 34.1 Å². The molecule has 1 amide bonds. The van der Waals surface area contributed by atoms with E-state index < -0.39 is 35.7 Å². The van der Waals surface area contributed by atoms with E-state index in [9.17, 15) is 24.6 Å². The molecule has 8 heteroatoms. The van der Waals surface area contributed by atoms with Crippen LogP contribution in [0.3, 0.4) is 0 Å². The van der Waals surface area contributed by atoms with Crippen molar-refractivity contribution in [2.45, 2.75) is 38.8 Å². The Morgan fingerprint density at radius 1 is 1.04 bits per heavy atom. The van der Waals surface area contributed by atoms with Crippen LogP contribution in [0.25, 0.3) is 0 Å². The largest absolute Gasteiger partial charge is 0.508 e. The Morgan fingerprint density at radius 2 is 1.56 bits per heavy atom. The van der Waals surface area contributed by atoms with E-state index in [-0.39, 0.29) is 37.4 Å². The second kappa shape index (κ2) is 7.87. The summed E-state index contributed by atoms with van der Waals surface area (Å²) in [5.41, 5.74) is -0.122. The number of aromatic hydroxyl groups is 2. The third kappa shape index (κ3) is 3.84. The van der Waals surface area contributed by atoms with Crippen molar-refractivity contribution >= 4 is 17.8 Å². The smallest absolute Gasteiger partial charge is 0.328 e. The van der Waals surface area contributed by atoms with E-state index in [4.69, 9.17) is 9.47 Å². The van der Waals surface area contributed by atoms with Crippen molar-refractivity contribution in [1.29, 1.82) is 0 Å². The zero-order valence-corrected chi connectivity index (χ0v) is 14.1. The molecule has 1 aliphatic heterocycles. The van der Waals surface area contributed by atoms with Crippen LogP contribution < -0.4 is 0 Å². The van der Waals surface area contributed by atoms with Crippen LogP contribution in [0.1, 0.15) is 37.0 Å². The molecule has 2 N–H and O–H groups in total. The molecule has 1 aromatic carbocycles. The minimum absolute atomic E-state index is 0.122. The average molecular weight is 351 g/mol. The molecular formula is C17H21NO7. The lowest BCUT2D eigenvalue weighted by atomic mass is 10.1. The molecule has 1 heterocycles. The van der Waals surface area contributed by atoms with Gasteiger partial charge in [0.05, 0.1) is 18.8 Å². The van der Waals surface area contributed by atoms with Gasteiger partial charge in [-0.2, -0.15) is 0 Å². The SMILES string of the molecule is CCOC(=O)[C@H]1CC[C@@H](C(=O)OCC)N1C(=O)c1ccc(O)cc1O. The zero-order chi connectivity index (χ0) is 18.6. The number of likely N-dealkylation sites (tertiary alicyclic amines) is 1. The van der Waals surface area contributed by atoms with Gasteiger partial charge in [-0.05, 0) is 38.8 Å². The Bertz CT molecular complexity index is 647. The Labute approximate surface area is 144 Å². The van der Waals surface area contributed by atoms with E-state index in [2.05, 4.69) is 0 Å². The summed E-state index contributed by atoms with van der Waals surface area (Å²) in [5, 5.41) is 19.3. The van der Waals surface area contributed by atoms with Crippen molar-refractivity contribution in [3.63, 3.8) is 0 Å². The molecule has 0 radical (unpaired) electrons. The van der Waals surface area contributed by atoms with Gasteiger partial charge in [-0.25, -0.2) is 9.59 Å². The van der Waals surface area contributed by atoms with Gasteiger partial charge < -0.3 is 24.6 Å². The van der Waals surface area contributed by atoms with Gasteiger partial charge >= 0.3 is 11.9 Å². The molecule has 8 nitrogen and oxygen atoms in total. The summed E-state index contributed by atoms with van der Waals surface area (Å²) in [6, 6.07) is 1.62. The van der Waals surface area contributed by atoms with E-state index in [0.29, 0.717) is 0 Å². The van der Waals surface area contributed by atoms with Gasteiger partial charge in [-0.15, -0.1) is 0 Å². The maximum Gasteiger partial charge on any atom is 0.328 e. The van der Waals surface area contributed by atoms with Crippen molar-refractivity contribution in [1.82, 2.24) is 4.90 Å². The number of phenols is 2. The molecule has 0 aromatic heterocycles. The summed E-state index contributed by atoms with van der Waals surface area (Å²) in [6.07, 6.45) is 0.514. The highest BCUT2D eigenvalue weighted by Gasteiger charge is 2.46. The summed E-state index contributed by atoms with van der Waals surface area (Å²) >= 11 is 0. The minimum Gasteiger partial charge on any atom is -0.508 e. The van der Waals surface area contributed by atoms with E-state index in [1.165, 1.54) is 12.1 Å². The van der Waals surface area contributed by atoms with Crippen LogP contribution in [0.5, 0.6) is 11.5 Å². The maximum atomic E-state index is 12.9. The van der Waals surface area contributed by atoms with Crippen molar-refractivity contribution in [3.8, 4) is 11.5 Å². The molecule has 1 aromatic rings. The number of rotatable bonds is 5. The van der Waals surface area contributed by atoms with Gasteiger partial charge in [0.15, 0.2) is 0 Å². The fraction of sp³-hybridized carbons (Fsp3) is 0.471. The lowest BCUT2D eigenvalue weighted by Crippen LogP contribution is -2.48. The fourth-order valence-corrected chi connectivity index (χ4v) is 2.87. The second-order valence-electron chi connectivity index (χ2n) is 5.53. The Balaban J connectivity index is 2.37.